The number of carboxylic acids is 1. The Hall–Kier alpha value is -1.01. The van der Waals surface area contributed by atoms with Gasteiger partial charge in [-0.05, 0) is 35.0 Å². The fourth-order valence-electron chi connectivity index (χ4n) is 1.07. The normalized spacial score (nSPS) is 12.5. The third-order valence-corrected chi connectivity index (χ3v) is 2.71. The zero-order valence-corrected chi connectivity index (χ0v) is 10.0. The van der Waals surface area contributed by atoms with Crippen molar-refractivity contribution in [2.24, 2.45) is 0 Å². The van der Waals surface area contributed by atoms with Gasteiger partial charge in [0.05, 0.1) is 4.47 Å². The van der Waals surface area contributed by atoms with Crippen LogP contribution in [-0.4, -0.2) is 17.1 Å². The van der Waals surface area contributed by atoms with Crippen LogP contribution in [0.5, 0.6) is 0 Å². The summed E-state index contributed by atoms with van der Waals surface area (Å²) in [6.07, 6.45) is 0. The number of carboxylic acid groups (broad SMARTS) is 1. The third kappa shape index (κ3) is 2.99. The van der Waals surface area contributed by atoms with Crippen molar-refractivity contribution in [3.05, 3.63) is 33.8 Å². The van der Waals surface area contributed by atoms with Gasteiger partial charge >= 0.3 is 5.97 Å². The molecule has 0 unspecified atom stereocenters. The molecule has 1 rings (SSSR count). The Balaban J connectivity index is 2.81. The molecule has 0 radical (unpaired) electrons. The van der Waals surface area contributed by atoms with E-state index in [0.717, 1.165) is 6.07 Å². The van der Waals surface area contributed by atoms with Gasteiger partial charge in [-0.1, -0.05) is 0 Å². The van der Waals surface area contributed by atoms with Crippen LogP contribution in [0, 0.1) is 11.6 Å². The van der Waals surface area contributed by atoms with E-state index in [4.69, 9.17) is 5.11 Å². The molecule has 0 saturated heterocycles. The lowest BCUT2D eigenvalue weighted by atomic mass is 10.2. The number of benzene rings is 1. The van der Waals surface area contributed by atoms with E-state index in [1.165, 1.54) is 13.0 Å². The molecule has 0 aromatic heterocycles. The SMILES string of the molecule is C[C@H](NCc1c(F)ccc(Br)c1F)C(=O)O. The summed E-state index contributed by atoms with van der Waals surface area (Å²) in [5, 5.41) is 11.1. The van der Waals surface area contributed by atoms with E-state index in [2.05, 4.69) is 21.2 Å². The second-order valence-electron chi connectivity index (χ2n) is 3.26. The fourth-order valence-corrected chi connectivity index (χ4v) is 1.45. The highest BCUT2D eigenvalue weighted by atomic mass is 79.9. The van der Waals surface area contributed by atoms with E-state index in [9.17, 15) is 13.6 Å². The molecule has 1 aromatic rings. The highest BCUT2D eigenvalue weighted by molar-refractivity contribution is 9.10. The van der Waals surface area contributed by atoms with Gasteiger partial charge in [0.15, 0.2) is 0 Å². The average molecular weight is 294 g/mol. The van der Waals surface area contributed by atoms with Gasteiger partial charge in [-0.2, -0.15) is 0 Å². The number of carbonyl (C=O) groups is 1. The third-order valence-electron chi connectivity index (χ3n) is 2.09. The van der Waals surface area contributed by atoms with Crippen molar-refractivity contribution in [2.45, 2.75) is 19.5 Å². The first kappa shape index (κ1) is 13.1. The molecule has 0 spiro atoms. The minimum absolute atomic E-state index is 0.147. The first-order valence-electron chi connectivity index (χ1n) is 4.52. The zero-order valence-electron chi connectivity index (χ0n) is 8.43. The smallest absolute Gasteiger partial charge is 0.320 e. The van der Waals surface area contributed by atoms with Crippen LogP contribution in [0.1, 0.15) is 12.5 Å². The molecule has 0 fully saturated rings. The van der Waals surface area contributed by atoms with E-state index < -0.39 is 23.6 Å². The Bertz CT molecular complexity index is 412. The van der Waals surface area contributed by atoms with Crippen LogP contribution in [0.3, 0.4) is 0 Å². The number of halogens is 3. The Labute approximate surface area is 99.6 Å². The Morgan fingerprint density at radius 2 is 2.19 bits per heavy atom. The lowest BCUT2D eigenvalue weighted by molar-refractivity contribution is -0.139. The van der Waals surface area contributed by atoms with Crippen LogP contribution in [0.25, 0.3) is 0 Å². The maximum atomic E-state index is 13.4. The molecule has 1 atom stereocenters. The maximum absolute atomic E-state index is 13.4. The highest BCUT2D eigenvalue weighted by Gasteiger charge is 2.15. The minimum Gasteiger partial charge on any atom is -0.480 e. The molecule has 0 bridgehead atoms. The molecule has 0 amide bonds. The summed E-state index contributed by atoms with van der Waals surface area (Å²) in [5.74, 6) is -2.49. The molecule has 0 heterocycles. The zero-order chi connectivity index (χ0) is 12.3. The van der Waals surface area contributed by atoms with Crippen molar-refractivity contribution < 1.29 is 18.7 Å². The monoisotopic (exact) mass is 293 g/mol. The summed E-state index contributed by atoms with van der Waals surface area (Å²) >= 11 is 2.93. The molecule has 3 nitrogen and oxygen atoms in total. The molecule has 88 valence electrons. The van der Waals surface area contributed by atoms with Crippen LogP contribution in [-0.2, 0) is 11.3 Å². The largest absolute Gasteiger partial charge is 0.480 e. The summed E-state index contributed by atoms with van der Waals surface area (Å²) in [5.41, 5.74) is -0.178. The number of hydrogen-bond acceptors (Lipinski definition) is 2. The van der Waals surface area contributed by atoms with E-state index in [1.807, 2.05) is 0 Å². The molecule has 1 aromatic carbocycles. The maximum Gasteiger partial charge on any atom is 0.320 e. The van der Waals surface area contributed by atoms with Gasteiger partial charge in [-0.3, -0.25) is 4.79 Å². The van der Waals surface area contributed by atoms with E-state index in [0.29, 0.717) is 0 Å². The molecule has 0 aliphatic rings. The summed E-state index contributed by atoms with van der Waals surface area (Å²) < 4.78 is 26.8. The molecule has 0 aliphatic heterocycles. The number of hydrogen-bond donors (Lipinski definition) is 2. The second-order valence-corrected chi connectivity index (χ2v) is 4.12. The van der Waals surface area contributed by atoms with Gasteiger partial charge in [-0.15, -0.1) is 0 Å². The molecule has 0 saturated carbocycles. The molecule has 16 heavy (non-hydrogen) atoms. The summed E-state index contributed by atoms with van der Waals surface area (Å²) in [4.78, 5) is 10.5. The van der Waals surface area contributed by atoms with Crippen molar-refractivity contribution in [1.29, 1.82) is 0 Å². The second kappa shape index (κ2) is 5.36. The Kier molecular flexibility index (Phi) is 4.37. The van der Waals surface area contributed by atoms with E-state index >= 15 is 0 Å². The summed E-state index contributed by atoms with van der Waals surface area (Å²) in [7, 11) is 0. The molecule has 2 N–H and O–H groups in total. The van der Waals surface area contributed by atoms with Gasteiger partial charge in [0.1, 0.15) is 17.7 Å². The van der Waals surface area contributed by atoms with Crippen molar-refractivity contribution in [2.75, 3.05) is 0 Å². The molecular weight excluding hydrogens is 284 g/mol. The van der Waals surface area contributed by atoms with Crippen molar-refractivity contribution in [3.8, 4) is 0 Å². The predicted octanol–water partition coefficient (Wildman–Crippen LogP) is 2.29. The standard InChI is InChI=1S/C10H10BrF2NO2/c1-5(10(15)16)14-4-6-8(12)3-2-7(11)9(6)13/h2-3,5,14H,4H2,1H3,(H,15,16)/t5-/m0/s1. The number of nitrogens with one attached hydrogen (secondary N) is 1. The topological polar surface area (TPSA) is 49.3 Å². The van der Waals surface area contributed by atoms with Crippen LogP contribution in [0.4, 0.5) is 8.78 Å². The molecule has 0 aliphatic carbocycles. The number of aliphatic carboxylic acids is 1. The van der Waals surface area contributed by atoms with Gasteiger partial charge in [0.2, 0.25) is 0 Å². The van der Waals surface area contributed by atoms with Crippen molar-refractivity contribution >= 4 is 21.9 Å². The molecular formula is C10H10BrF2NO2. The van der Waals surface area contributed by atoms with Crippen LogP contribution < -0.4 is 5.32 Å². The fraction of sp³-hybridized carbons (Fsp3) is 0.300. The van der Waals surface area contributed by atoms with Crippen molar-refractivity contribution in [3.63, 3.8) is 0 Å². The van der Waals surface area contributed by atoms with Crippen molar-refractivity contribution in [1.82, 2.24) is 5.32 Å². The number of rotatable bonds is 4. The summed E-state index contributed by atoms with van der Waals surface area (Å²) in [6, 6.07) is 1.52. The van der Waals surface area contributed by atoms with Crippen LogP contribution in [0.15, 0.2) is 16.6 Å². The average Bonchev–Trinajstić information content (AvgIpc) is 2.23. The van der Waals surface area contributed by atoms with E-state index in [1.54, 1.807) is 0 Å². The quantitative estimate of drug-likeness (QED) is 0.838. The first-order chi connectivity index (χ1) is 7.43. The van der Waals surface area contributed by atoms with Crippen LogP contribution >= 0.6 is 15.9 Å². The first-order valence-corrected chi connectivity index (χ1v) is 5.31. The Morgan fingerprint density at radius 3 is 2.75 bits per heavy atom. The highest BCUT2D eigenvalue weighted by Crippen LogP contribution is 2.21. The van der Waals surface area contributed by atoms with E-state index in [-0.39, 0.29) is 16.6 Å². The van der Waals surface area contributed by atoms with Crippen LogP contribution in [0.2, 0.25) is 0 Å². The molecule has 6 heteroatoms. The van der Waals surface area contributed by atoms with Gasteiger partial charge < -0.3 is 10.4 Å². The Morgan fingerprint density at radius 1 is 1.56 bits per heavy atom. The van der Waals surface area contributed by atoms with Gasteiger partial charge in [0, 0.05) is 12.1 Å². The van der Waals surface area contributed by atoms with Gasteiger partial charge in [0.25, 0.3) is 0 Å². The predicted molar refractivity (Wildman–Crippen MR) is 58.0 cm³/mol. The van der Waals surface area contributed by atoms with Gasteiger partial charge in [-0.25, -0.2) is 8.78 Å². The lowest BCUT2D eigenvalue weighted by Crippen LogP contribution is -2.33. The lowest BCUT2D eigenvalue weighted by Gasteiger charge is -2.11. The minimum atomic E-state index is -1.07. The summed E-state index contributed by atoms with van der Waals surface area (Å²) in [6.45, 7) is 1.22.